The topological polar surface area (TPSA) is 92.5 Å². The van der Waals surface area contributed by atoms with Crippen LogP contribution in [-0.4, -0.2) is 27.7 Å². The third kappa shape index (κ3) is 2.93. The second-order valence-electron chi connectivity index (χ2n) is 3.97. The van der Waals surface area contributed by atoms with E-state index in [0.29, 0.717) is 6.92 Å². The molecule has 0 fully saturated rings. The number of hydrogen-bond acceptors (Lipinski definition) is 4. The monoisotopic (exact) mass is 312 g/mol. The molecule has 10 heteroatoms. The highest BCUT2D eigenvalue weighted by Gasteiger charge is 2.58. The fourth-order valence-corrected chi connectivity index (χ4v) is 1.44. The van der Waals surface area contributed by atoms with Gasteiger partial charge in [-0.3, -0.25) is 10.1 Å². The molecule has 0 aliphatic rings. The molecule has 2 N–H and O–H groups in total. The van der Waals surface area contributed by atoms with Gasteiger partial charge in [0.15, 0.2) is 0 Å². The van der Waals surface area contributed by atoms with Crippen molar-refractivity contribution in [3.63, 3.8) is 0 Å². The third-order valence-electron chi connectivity index (χ3n) is 2.54. The van der Waals surface area contributed by atoms with Crippen molar-refractivity contribution in [3.8, 4) is 0 Å². The lowest BCUT2D eigenvalue weighted by Crippen LogP contribution is -2.55. The van der Waals surface area contributed by atoms with Gasteiger partial charge < -0.3 is 10.4 Å². The van der Waals surface area contributed by atoms with Crippen LogP contribution in [0.4, 0.5) is 24.5 Å². The summed E-state index contributed by atoms with van der Waals surface area (Å²) in [5, 5.41) is 21.1. The lowest BCUT2D eigenvalue weighted by Gasteiger charge is -2.29. The molecule has 0 radical (unpaired) electrons. The summed E-state index contributed by atoms with van der Waals surface area (Å²) in [5.74, 6) is -2.21. The molecule has 0 amide bonds. The molecular weight excluding hydrogens is 305 g/mol. The first-order chi connectivity index (χ1) is 8.99. The van der Waals surface area contributed by atoms with Crippen molar-refractivity contribution >= 4 is 28.9 Å². The Bertz CT molecular complexity index is 564. The number of nitrogens with one attached hydrogen (secondary N) is 1. The molecule has 0 bridgehead atoms. The predicted molar refractivity (Wildman–Crippen MR) is 63.8 cm³/mol. The molecule has 1 aromatic rings. The number of nitro groups is 1. The zero-order chi connectivity index (χ0) is 15.7. The number of carboxylic acids is 1. The van der Waals surface area contributed by atoms with Crippen LogP contribution in [0.15, 0.2) is 18.2 Å². The fourth-order valence-electron chi connectivity index (χ4n) is 1.28. The van der Waals surface area contributed by atoms with Crippen molar-refractivity contribution in [1.29, 1.82) is 0 Å². The summed E-state index contributed by atoms with van der Waals surface area (Å²) in [6.45, 7) is 0.369. The van der Waals surface area contributed by atoms with Gasteiger partial charge in [-0.15, -0.1) is 0 Å². The highest BCUT2D eigenvalue weighted by atomic mass is 35.5. The number of alkyl halides is 3. The van der Waals surface area contributed by atoms with E-state index in [1.54, 1.807) is 5.32 Å². The maximum Gasteiger partial charge on any atom is 0.422 e. The maximum atomic E-state index is 12.8. The Kier molecular flexibility index (Phi) is 4.13. The lowest BCUT2D eigenvalue weighted by atomic mass is 10.0. The number of rotatable bonds is 4. The standard InChI is InChI=1S/C10H8ClF3N2O4/c1-9(8(17)18,10(12,13)14)15-6-3-2-5(11)4-7(6)16(19)20/h2-4,15H,1H3,(H,17,18). The molecule has 20 heavy (non-hydrogen) atoms. The molecule has 0 aliphatic heterocycles. The van der Waals surface area contributed by atoms with Crippen molar-refractivity contribution < 1.29 is 28.0 Å². The molecule has 1 rings (SSSR count). The van der Waals surface area contributed by atoms with Gasteiger partial charge in [-0.2, -0.15) is 13.2 Å². The number of nitro benzene ring substituents is 1. The molecule has 6 nitrogen and oxygen atoms in total. The molecule has 1 unspecified atom stereocenters. The SMILES string of the molecule is CC(Nc1ccc(Cl)cc1[N+](=O)[O-])(C(=O)O)C(F)(F)F. The third-order valence-corrected chi connectivity index (χ3v) is 2.77. The summed E-state index contributed by atoms with van der Waals surface area (Å²) in [6.07, 6.45) is -5.16. The summed E-state index contributed by atoms with van der Waals surface area (Å²) in [5.41, 5.74) is -4.72. The van der Waals surface area contributed by atoms with Gasteiger partial charge in [-0.05, 0) is 19.1 Å². The largest absolute Gasteiger partial charge is 0.479 e. The molecule has 0 aromatic heterocycles. The summed E-state index contributed by atoms with van der Waals surface area (Å²) in [6, 6.07) is 2.84. The second kappa shape index (κ2) is 5.16. The van der Waals surface area contributed by atoms with E-state index in [-0.39, 0.29) is 5.02 Å². The molecule has 0 saturated carbocycles. The minimum atomic E-state index is -5.16. The Morgan fingerprint density at radius 1 is 1.45 bits per heavy atom. The molecule has 0 spiro atoms. The van der Waals surface area contributed by atoms with Crippen molar-refractivity contribution in [2.45, 2.75) is 18.6 Å². The van der Waals surface area contributed by atoms with E-state index in [1.165, 1.54) is 0 Å². The zero-order valence-corrected chi connectivity index (χ0v) is 10.6. The normalized spacial score (nSPS) is 14.4. The van der Waals surface area contributed by atoms with Gasteiger partial charge >= 0.3 is 12.1 Å². The summed E-state index contributed by atoms with van der Waals surface area (Å²) < 4.78 is 38.4. The number of carbonyl (C=O) groups is 1. The molecule has 0 aliphatic carbocycles. The van der Waals surface area contributed by atoms with E-state index < -0.39 is 34.0 Å². The van der Waals surface area contributed by atoms with Crippen molar-refractivity contribution in [3.05, 3.63) is 33.3 Å². The molecule has 0 heterocycles. The zero-order valence-electron chi connectivity index (χ0n) is 9.86. The first kappa shape index (κ1) is 16.0. The van der Waals surface area contributed by atoms with Crippen LogP contribution in [0.2, 0.25) is 5.02 Å². The number of nitrogens with zero attached hydrogens (tertiary/aromatic N) is 1. The Morgan fingerprint density at radius 3 is 2.40 bits per heavy atom. The van der Waals surface area contributed by atoms with Crippen LogP contribution in [0.1, 0.15) is 6.92 Å². The Labute approximate surface area is 115 Å². The van der Waals surface area contributed by atoms with Gasteiger partial charge in [0.1, 0.15) is 5.69 Å². The Hall–Kier alpha value is -2.03. The highest BCUT2D eigenvalue weighted by molar-refractivity contribution is 6.30. The van der Waals surface area contributed by atoms with Crippen LogP contribution in [0.5, 0.6) is 0 Å². The minimum Gasteiger partial charge on any atom is -0.479 e. The van der Waals surface area contributed by atoms with Gasteiger partial charge in [-0.25, -0.2) is 4.79 Å². The van der Waals surface area contributed by atoms with Crippen LogP contribution in [0.25, 0.3) is 0 Å². The fraction of sp³-hybridized carbons (Fsp3) is 0.300. The van der Waals surface area contributed by atoms with Crippen molar-refractivity contribution in [1.82, 2.24) is 0 Å². The van der Waals surface area contributed by atoms with Gasteiger partial charge in [-0.1, -0.05) is 11.6 Å². The second-order valence-corrected chi connectivity index (χ2v) is 4.41. The van der Waals surface area contributed by atoms with Crippen LogP contribution in [0.3, 0.4) is 0 Å². The summed E-state index contributed by atoms with van der Waals surface area (Å²) in [4.78, 5) is 20.6. The molecule has 110 valence electrons. The highest BCUT2D eigenvalue weighted by Crippen LogP contribution is 2.37. The number of aliphatic carboxylic acids is 1. The van der Waals surface area contributed by atoms with E-state index >= 15 is 0 Å². The molecule has 1 aromatic carbocycles. The van der Waals surface area contributed by atoms with Crippen molar-refractivity contribution in [2.24, 2.45) is 0 Å². The number of hydrogen-bond donors (Lipinski definition) is 2. The Balaban J connectivity index is 3.33. The first-order valence-electron chi connectivity index (χ1n) is 5.01. The van der Waals surface area contributed by atoms with Crippen LogP contribution >= 0.6 is 11.6 Å². The lowest BCUT2D eigenvalue weighted by molar-refractivity contribution is -0.384. The number of carboxylic acid groups (broad SMARTS) is 1. The summed E-state index contributed by atoms with van der Waals surface area (Å²) >= 11 is 5.51. The minimum absolute atomic E-state index is 0.0636. The Morgan fingerprint density at radius 2 is 2.00 bits per heavy atom. The van der Waals surface area contributed by atoms with E-state index in [2.05, 4.69) is 0 Å². The van der Waals surface area contributed by atoms with Gasteiger partial charge in [0, 0.05) is 11.1 Å². The van der Waals surface area contributed by atoms with Crippen LogP contribution < -0.4 is 5.32 Å². The van der Waals surface area contributed by atoms with Gasteiger partial charge in [0.25, 0.3) is 5.69 Å². The van der Waals surface area contributed by atoms with E-state index in [9.17, 15) is 28.1 Å². The van der Waals surface area contributed by atoms with E-state index in [0.717, 1.165) is 18.2 Å². The first-order valence-corrected chi connectivity index (χ1v) is 5.39. The van der Waals surface area contributed by atoms with Crippen molar-refractivity contribution in [2.75, 3.05) is 5.32 Å². The van der Waals surface area contributed by atoms with E-state index in [4.69, 9.17) is 16.7 Å². The number of halogens is 4. The molecular formula is C10H8ClF3N2O4. The molecule has 0 saturated heterocycles. The average Bonchev–Trinajstić information content (AvgIpc) is 2.29. The summed E-state index contributed by atoms with van der Waals surface area (Å²) in [7, 11) is 0. The predicted octanol–water partition coefficient (Wildman–Crippen LogP) is 3.07. The average molecular weight is 313 g/mol. The van der Waals surface area contributed by atoms with E-state index in [1.807, 2.05) is 0 Å². The van der Waals surface area contributed by atoms with Crippen LogP contribution in [0, 0.1) is 10.1 Å². The molecule has 1 atom stereocenters. The van der Waals surface area contributed by atoms with Gasteiger partial charge in [0.05, 0.1) is 4.92 Å². The number of benzene rings is 1. The van der Waals surface area contributed by atoms with Gasteiger partial charge in [0.2, 0.25) is 5.54 Å². The smallest absolute Gasteiger partial charge is 0.422 e. The van der Waals surface area contributed by atoms with Crippen LogP contribution in [-0.2, 0) is 4.79 Å². The quantitative estimate of drug-likeness (QED) is 0.658. The number of anilines is 1. The maximum absolute atomic E-state index is 12.8.